The van der Waals surface area contributed by atoms with Gasteiger partial charge < -0.3 is 0 Å². The summed E-state index contributed by atoms with van der Waals surface area (Å²) < 4.78 is 0. The molecule has 6 saturated carbocycles. The van der Waals surface area contributed by atoms with Crippen molar-refractivity contribution in [1.82, 2.24) is 0 Å². The summed E-state index contributed by atoms with van der Waals surface area (Å²) in [5, 5.41) is 0. The van der Waals surface area contributed by atoms with Crippen LogP contribution in [0.4, 0.5) is 0 Å². The molecule has 6 aliphatic carbocycles. The summed E-state index contributed by atoms with van der Waals surface area (Å²) in [5.41, 5.74) is 0. The number of hydrogen-bond donors (Lipinski definition) is 0. The average Bonchev–Trinajstić information content (AvgIpc) is 3.57. The monoisotopic (exact) mass is 454 g/mol. The van der Waals surface area contributed by atoms with E-state index in [1.54, 1.807) is 89.9 Å². The molecule has 0 bridgehead atoms. The highest BCUT2D eigenvalue weighted by Crippen LogP contribution is 2.58. The minimum atomic E-state index is 1.02. The molecular weight excluding hydrogens is 396 g/mol. The molecule has 0 aromatic rings. The first-order chi connectivity index (χ1) is 16.2. The summed E-state index contributed by atoms with van der Waals surface area (Å²) in [5.74, 6) is 12.2. The van der Waals surface area contributed by atoms with Crippen LogP contribution in [0.3, 0.4) is 0 Å². The molecule has 0 saturated heterocycles. The predicted octanol–water partition coefficient (Wildman–Crippen LogP) is 10.3. The highest BCUT2D eigenvalue weighted by atomic mass is 14.5. The van der Waals surface area contributed by atoms with Crippen LogP contribution in [-0.2, 0) is 0 Å². The zero-order valence-electron chi connectivity index (χ0n) is 22.8. The van der Waals surface area contributed by atoms with Crippen LogP contribution in [0.15, 0.2) is 0 Å². The maximum absolute atomic E-state index is 2.63. The Labute approximate surface area is 207 Å². The second kappa shape index (κ2) is 11.4. The molecule has 6 aliphatic rings. The van der Waals surface area contributed by atoms with Crippen molar-refractivity contribution in [2.45, 2.75) is 143 Å². The van der Waals surface area contributed by atoms with Crippen molar-refractivity contribution in [3.8, 4) is 0 Å². The molecule has 190 valence electrons. The second-order valence-electron chi connectivity index (χ2n) is 14.2. The molecular formula is C33H58. The fraction of sp³-hybridized carbons (Fsp3) is 1.00. The minimum Gasteiger partial charge on any atom is -0.0654 e. The molecule has 0 amide bonds. The summed E-state index contributed by atoms with van der Waals surface area (Å²) >= 11 is 0. The molecule has 6 rings (SSSR count). The standard InChI is InChI=1S/C23H40.C10H18/c1-3-4-10-21-16(2)14-19-9-6-11-22(19)23(21)20-13-12-17-7-5-8-18(17)15-20;1-8-6-7-9-4-2-3-5-10(8)9/h16-23H,3-15H2,1-2H3;8-10H,2-7H2,1H3. The van der Waals surface area contributed by atoms with E-state index in [4.69, 9.17) is 0 Å². The van der Waals surface area contributed by atoms with Crippen LogP contribution in [0.2, 0.25) is 0 Å². The number of rotatable bonds is 4. The van der Waals surface area contributed by atoms with Gasteiger partial charge in [0, 0.05) is 0 Å². The Balaban J connectivity index is 0.000000190. The van der Waals surface area contributed by atoms with E-state index in [-0.39, 0.29) is 0 Å². The quantitative estimate of drug-likeness (QED) is 0.396. The normalized spacial score (nSPS) is 49.0. The Hall–Kier alpha value is 0. The number of hydrogen-bond acceptors (Lipinski definition) is 0. The maximum atomic E-state index is 2.63. The lowest BCUT2D eigenvalue weighted by Gasteiger charge is -2.50. The van der Waals surface area contributed by atoms with Crippen LogP contribution >= 0.6 is 0 Å². The molecule has 0 heteroatoms. The van der Waals surface area contributed by atoms with Gasteiger partial charge in [-0.2, -0.15) is 0 Å². The average molecular weight is 455 g/mol. The van der Waals surface area contributed by atoms with Crippen molar-refractivity contribution in [2.75, 3.05) is 0 Å². The Morgan fingerprint density at radius 2 is 1.18 bits per heavy atom. The van der Waals surface area contributed by atoms with Crippen molar-refractivity contribution < 1.29 is 0 Å². The zero-order valence-corrected chi connectivity index (χ0v) is 22.8. The van der Waals surface area contributed by atoms with Crippen molar-refractivity contribution >= 4 is 0 Å². The molecule has 0 heterocycles. The smallest absolute Gasteiger partial charge is 0.0324 e. The third-order valence-electron chi connectivity index (χ3n) is 12.6. The first kappa shape index (κ1) is 24.7. The van der Waals surface area contributed by atoms with Crippen LogP contribution in [-0.4, -0.2) is 0 Å². The van der Waals surface area contributed by atoms with Crippen molar-refractivity contribution in [3.05, 3.63) is 0 Å². The van der Waals surface area contributed by atoms with Gasteiger partial charge in [0.15, 0.2) is 0 Å². The molecule has 0 spiro atoms. The molecule has 6 fully saturated rings. The highest BCUT2D eigenvalue weighted by Gasteiger charge is 2.49. The lowest BCUT2D eigenvalue weighted by Crippen LogP contribution is -2.43. The second-order valence-corrected chi connectivity index (χ2v) is 14.2. The molecule has 0 nitrogen and oxygen atoms in total. The summed E-state index contributed by atoms with van der Waals surface area (Å²) in [6.07, 6.45) is 29.5. The van der Waals surface area contributed by atoms with E-state index < -0.39 is 0 Å². The Bertz CT molecular complexity index is 591. The predicted molar refractivity (Wildman–Crippen MR) is 143 cm³/mol. The SMILES string of the molecule is CC1CCC2CCCCC12.CCCCC1C(C)CC2CCCC2C1C1CCC2CCCC2C1. The summed E-state index contributed by atoms with van der Waals surface area (Å²) in [6.45, 7) is 7.48. The van der Waals surface area contributed by atoms with Gasteiger partial charge in [0.1, 0.15) is 0 Å². The Morgan fingerprint density at radius 1 is 0.515 bits per heavy atom. The molecule has 11 atom stereocenters. The van der Waals surface area contributed by atoms with Gasteiger partial charge in [-0.15, -0.1) is 0 Å². The van der Waals surface area contributed by atoms with Crippen LogP contribution in [0, 0.1) is 65.1 Å². The molecule has 0 aromatic heterocycles. The van der Waals surface area contributed by atoms with Gasteiger partial charge in [0.25, 0.3) is 0 Å². The van der Waals surface area contributed by atoms with E-state index >= 15 is 0 Å². The molecule has 0 radical (unpaired) electrons. The summed E-state index contributed by atoms with van der Waals surface area (Å²) in [7, 11) is 0. The van der Waals surface area contributed by atoms with Crippen molar-refractivity contribution in [2.24, 2.45) is 65.1 Å². The van der Waals surface area contributed by atoms with Gasteiger partial charge in [0.05, 0.1) is 0 Å². The van der Waals surface area contributed by atoms with Crippen LogP contribution in [0.5, 0.6) is 0 Å². The molecule has 0 N–H and O–H groups in total. The summed E-state index contributed by atoms with van der Waals surface area (Å²) in [4.78, 5) is 0. The zero-order chi connectivity index (χ0) is 22.8. The van der Waals surface area contributed by atoms with E-state index in [0.29, 0.717) is 0 Å². The third kappa shape index (κ3) is 5.40. The lowest BCUT2D eigenvalue weighted by atomic mass is 9.55. The minimum absolute atomic E-state index is 1.02. The van der Waals surface area contributed by atoms with E-state index in [0.717, 1.165) is 65.1 Å². The van der Waals surface area contributed by atoms with Gasteiger partial charge in [-0.3, -0.25) is 0 Å². The topological polar surface area (TPSA) is 0 Å². The lowest BCUT2D eigenvalue weighted by molar-refractivity contribution is -0.0107. The fourth-order valence-corrected chi connectivity index (χ4v) is 11.0. The van der Waals surface area contributed by atoms with Crippen LogP contribution in [0.25, 0.3) is 0 Å². The van der Waals surface area contributed by atoms with Crippen molar-refractivity contribution in [1.29, 1.82) is 0 Å². The van der Waals surface area contributed by atoms with E-state index in [1.165, 1.54) is 32.1 Å². The first-order valence-electron chi connectivity index (χ1n) is 16.2. The van der Waals surface area contributed by atoms with Gasteiger partial charge in [-0.25, -0.2) is 0 Å². The van der Waals surface area contributed by atoms with Crippen molar-refractivity contribution in [3.63, 3.8) is 0 Å². The largest absolute Gasteiger partial charge is 0.0654 e. The summed E-state index contributed by atoms with van der Waals surface area (Å²) in [6, 6.07) is 0. The maximum Gasteiger partial charge on any atom is -0.0324 e. The number of fused-ring (bicyclic) bond motifs is 3. The molecule has 0 aliphatic heterocycles. The molecule has 0 aromatic carbocycles. The Morgan fingerprint density at radius 3 is 2.03 bits per heavy atom. The van der Waals surface area contributed by atoms with Crippen LogP contribution < -0.4 is 0 Å². The van der Waals surface area contributed by atoms with Gasteiger partial charge in [0.2, 0.25) is 0 Å². The molecule has 11 unspecified atom stereocenters. The van der Waals surface area contributed by atoms with Crippen LogP contribution in [0.1, 0.15) is 143 Å². The van der Waals surface area contributed by atoms with Gasteiger partial charge in [-0.05, 0) is 116 Å². The highest BCUT2D eigenvalue weighted by molar-refractivity contribution is 4.98. The van der Waals surface area contributed by atoms with E-state index in [1.807, 2.05) is 0 Å². The first-order valence-corrected chi connectivity index (χ1v) is 16.2. The van der Waals surface area contributed by atoms with Gasteiger partial charge in [-0.1, -0.05) is 91.4 Å². The third-order valence-corrected chi connectivity index (χ3v) is 12.6. The molecule has 33 heavy (non-hydrogen) atoms. The van der Waals surface area contributed by atoms with E-state index in [2.05, 4.69) is 20.8 Å². The number of unbranched alkanes of at least 4 members (excludes halogenated alkanes) is 1. The fourth-order valence-electron chi connectivity index (χ4n) is 11.0. The van der Waals surface area contributed by atoms with Gasteiger partial charge >= 0.3 is 0 Å². The van der Waals surface area contributed by atoms with E-state index in [9.17, 15) is 0 Å². The Kier molecular flexibility index (Phi) is 8.51.